The van der Waals surface area contributed by atoms with Crippen LogP contribution in [0.2, 0.25) is 0 Å². The third-order valence-electron chi connectivity index (χ3n) is 3.48. The van der Waals surface area contributed by atoms with Gasteiger partial charge in [-0.25, -0.2) is 0 Å². The Morgan fingerprint density at radius 3 is 2.68 bits per heavy atom. The molecule has 0 amide bonds. The minimum atomic E-state index is 0.470. The lowest BCUT2D eigenvalue weighted by molar-refractivity contribution is 0.570. The summed E-state index contributed by atoms with van der Waals surface area (Å²) in [4.78, 5) is 2.96. The van der Waals surface area contributed by atoms with Crippen LogP contribution in [0.25, 0.3) is 0 Å². The van der Waals surface area contributed by atoms with Crippen molar-refractivity contribution in [2.45, 2.75) is 39.2 Å². The van der Waals surface area contributed by atoms with Crippen LogP contribution in [0.15, 0.2) is 22.7 Å². The summed E-state index contributed by atoms with van der Waals surface area (Å²) in [6.07, 6.45) is 3.75. The molecule has 0 aromatic heterocycles. The number of hydrogen-bond donors (Lipinski definition) is 1. The van der Waals surface area contributed by atoms with Crippen LogP contribution in [0.3, 0.4) is 0 Å². The zero-order valence-electron chi connectivity index (χ0n) is 11.5. The molecule has 2 N–H and O–H groups in total. The second-order valence-corrected chi connectivity index (χ2v) is 6.90. The highest BCUT2D eigenvalue weighted by Crippen LogP contribution is 2.36. The molecule has 0 unspecified atom stereocenters. The van der Waals surface area contributed by atoms with Gasteiger partial charge in [-0.2, -0.15) is 0 Å². The molecule has 0 heterocycles. The molecule has 1 aromatic carbocycles. The maximum Gasteiger partial charge on any atom is 0.107 e. The molecule has 2 rings (SSSR count). The quantitative estimate of drug-likeness (QED) is 0.790. The molecule has 0 radical (unpaired) electrons. The summed E-state index contributed by atoms with van der Waals surface area (Å²) < 4.78 is 0.993. The molecule has 1 aliphatic rings. The van der Waals surface area contributed by atoms with Crippen molar-refractivity contribution in [2.75, 3.05) is 11.4 Å². The Bertz CT molecular complexity index is 469. The molecule has 0 spiro atoms. The summed E-state index contributed by atoms with van der Waals surface area (Å²) in [6, 6.07) is 6.87. The Kier molecular flexibility index (Phi) is 4.85. The second kappa shape index (κ2) is 6.23. The lowest BCUT2D eigenvalue weighted by Crippen LogP contribution is -2.30. The first-order valence-electron chi connectivity index (χ1n) is 6.85. The van der Waals surface area contributed by atoms with Crippen molar-refractivity contribution in [3.63, 3.8) is 0 Å². The molecule has 19 heavy (non-hydrogen) atoms. The van der Waals surface area contributed by atoms with Crippen molar-refractivity contribution in [3.8, 4) is 0 Å². The smallest absolute Gasteiger partial charge is 0.107 e. The van der Waals surface area contributed by atoms with E-state index in [2.05, 4.69) is 46.8 Å². The van der Waals surface area contributed by atoms with E-state index in [1.807, 2.05) is 6.07 Å². The number of hydrogen-bond acceptors (Lipinski definition) is 2. The van der Waals surface area contributed by atoms with Crippen LogP contribution in [0.4, 0.5) is 5.69 Å². The fourth-order valence-corrected chi connectivity index (χ4v) is 3.19. The van der Waals surface area contributed by atoms with Crippen molar-refractivity contribution < 1.29 is 0 Å². The highest BCUT2D eigenvalue weighted by molar-refractivity contribution is 9.10. The zero-order chi connectivity index (χ0) is 14.0. The number of nitrogens with zero attached hydrogens (tertiary/aromatic N) is 1. The van der Waals surface area contributed by atoms with E-state index in [9.17, 15) is 0 Å². The van der Waals surface area contributed by atoms with E-state index in [4.69, 9.17) is 18.0 Å². The Balaban J connectivity index is 2.31. The SMILES string of the molecule is CC(C)CCN(c1cccc(Br)c1C(N)=S)C1CC1. The van der Waals surface area contributed by atoms with Gasteiger partial charge < -0.3 is 10.6 Å². The fraction of sp³-hybridized carbons (Fsp3) is 0.533. The number of thiocarbonyl (C=S) groups is 1. The third kappa shape index (κ3) is 3.69. The highest BCUT2D eigenvalue weighted by Gasteiger charge is 2.31. The predicted molar refractivity (Wildman–Crippen MR) is 89.9 cm³/mol. The van der Waals surface area contributed by atoms with Gasteiger partial charge in [0.25, 0.3) is 0 Å². The predicted octanol–water partition coefficient (Wildman–Crippen LogP) is 4.10. The van der Waals surface area contributed by atoms with Crippen LogP contribution in [-0.2, 0) is 0 Å². The summed E-state index contributed by atoms with van der Waals surface area (Å²) in [5, 5.41) is 0. The van der Waals surface area contributed by atoms with E-state index in [0.29, 0.717) is 16.9 Å². The normalized spacial score (nSPS) is 14.7. The van der Waals surface area contributed by atoms with E-state index in [1.165, 1.54) is 24.9 Å². The van der Waals surface area contributed by atoms with Crippen LogP contribution in [0.5, 0.6) is 0 Å². The molecule has 0 aliphatic heterocycles. The molecule has 1 aliphatic carbocycles. The van der Waals surface area contributed by atoms with E-state index in [1.54, 1.807) is 0 Å². The second-order valence-electron chi connectivity index (χ2n) is 5.61. The van der Waals surface area contributed by atoms with Gasteiger partial charge in [-0.05, 0) is 53.2 Å². The van der Waals surface area contributed by atoms with Crippen molar-refractivity contribution in [3.05, 3.63) is 28.2 Å². The summed E-state index contributed by atoms with van der Waals surface area (Å²) in [5.74, 6) is 0.710. The third-order valence-corrected chi connectivity index (χ3v) is 4.35. The summed E-state index contributed by atoms with van der Waals surface area (Å²) in [5.41, 5.74) is 8.07. The summed E-state index contributed by atoms with van der Waals surface area (Å²) in [6.45, 7) is 5.61. The molecule has 4 heteroatoms. The van der Waals surface area contributed by atoms with Gasteiger partial charge in [0.2, 0.25) is 0 Å². The van der Waals surface area contributed by atoms with Crippen molar-refractivity contribution >= 4 is 38.8 Å². The van der Waals surface area contributed by atoms with Gasteiger partial charge in [0, 0.05) is 28.3 Å². The maximum atomic E-state index is 5.90. The zero-order valence-corrected chi connectivity index (χ0v) is 13.9. The molecular weight excluding hydrogens is 320 g/mol. The standard InChI is InChI=1S/C15H21BrN2S/c1-10(2)8-9-18(11-6-7-11)13-5-3-4-12(16)14(13)15(17)19/h3-5,10-11H,6-9H2,1-2H3,(H2,17,19). The molecule has 0 atom stereocenters. The first kappa shape index (κ1) is 14.8. The van der Waals surface area contributed by atoms with Gasteiger partial charge in [0.1, 0.15) is 4.99 Å². The number of anilines is 1. The lowest BCUT2D eigenvalue weighted by Gasteiger charge is -2.28. The van der Waals surface area contributed by atoms with E-state index >= 15 is 0 Å². The van der Waals surface area contributed by atoms with Gasteiger partial charge in [0.15, 0.2) is 0 Å². The van der Waals surface area contributed by atoms with E-state index in [0.717, 1.165) is 16.6 Å². The Morgan fingerprint density at radius 1 is 1.47 bits per heavy atom. The van der Waals surface area contributed by atoms with Gasteiger partial charge in [-0.15, -0.1) is 0 Å². The Hall–Kier alpha value is -0.610. The lowest BCUT2D eigenvalue weighted by atomic mass is 10.1. The van der Waals surface area contributed by atoms with Gasteiger partial charge in [0.05, 0.1) is 0 Å². The van der Waals surface area contributed by atoms with E-state index < -0.39 is 0 Å². The Labute approximate surface area is 129 Å². The van der Waals surface area contributed by atoms with Crippen molar-refractivity contribution in [1.29, 1.82) is 0 Å². The number of benzene rings is 1. The van der Waals surface area contributed by atoms with Crippen LogP contribution in [-0.4, -0.2) is 17.6 Å². The maximum absolute atomic E-state index is 5.90. The monoisotopic (exact) mass is 340 g/mol. The van der Waals surface area contributed by atoms with Crippen LogP contribution >= 0.6 is 28.1 Å². The first-order chi connectivity index (χ1) is 9.00. The molecule has 0 bridgehead atoms. The average Bonchev–Trinajstić information content (AvgIpc) is 3.12. The molecular formula is C15H21BrN2S. The minimum Gasteiger partial charge on any atom is -0.389 e. The summed E-state index contributed by atoms with van der Waals surface area (Å²) >= 11 is 8.79. The van der Waals surface area contributed by atoms with E-state index in [-0.39, 0.29) is 0 Å². The topological polar surface area (TPSA) is 29.3 Å². The molecule has 1 aromatic rings. The van der Waals surface area contributed by atoms with Crippen LogP contribution < -0.4 is 10.6 Å². The van der Waals surface area contributed by atoms with Crippen molar-refractivity contribution in [1.82, 2.24) is 0 Å². The largest absolute Gasteiger partial charge is 0.389 e. The molecule has 104 valence electrons. The first-order valence-corrected chi connectivity index (χ1v) is 8.05. The van der Waals surface area contributed by atoms with Crippen molar-refractivity contribution in [2.24, 2.45) is 11.7 Å². The Morgan fingerprint density at radius 2 is 2.16 bits per heavy atom. The number of rotatable bonds is 6. The number of nitrogens with two attached hydrogens (primary N) is 1. The number of halogens is 1. The van der Waals surface area contributed by atoms with Crippen LogP contribution in [0.1, 0.15) is 38.7 Å². The summed E-state index contributed by atoms with van der Waals surface area (Å²) in [7, 11) is 0. The molecule has 2 nitrogen and oxygen atoms in total. The van der Waals surface area contributed by atoms with Gasteiger partial charge in [-0.1, -0.05) is 32.1 Å². The molecule has 0 saturated heterocycles. The van der Waals surface area contributed by atoms with Crippen LogP contribution in [0, 0.1) is 5.92 Å². The molecule has 1 saturated carbocycles. The molecule has 1 fully saturated rings. The average molecular weight is 341 g/mol. The van der Waals surface area contributed by atoms with Gasteiger partial charge >= 0.3 is 0 Å². The fourth-order valence-electron chi connectivity index (χ4n) is 2.28. The minimum absolute atomic E-state index is 0.470. The highest BCUT2D eigenvalue weighted by atomic mass is 79.9. The van der Waals surface area contributed by atoms with Gasteiger partial charge in [-0.3, -0.25) is 0 Å².